The molecule has 0 spiro atoms. The Kier molecular flexibility index (Phi) is 1.81. The van der Waals surface area contributed by atoms with Gasteiger partial charge in [-0.1, -0.05) is 6.58 Å². The second-order valence-electron chi connectivity index (χ2n) is 2.21. The summed E-state index contributed by atoms with van der Waals surface area (Å²) in [5.74, 6) is 0.309. The number of carbonyl (C=O) groups is 1. The Balaban J connectivity index is 2.26. The van der Waals surface area contributed by atoms with Gasteiger partial charge in [0.2, 0.25) is 5.91 Å². The number of hydrogen-bond donors (Lipinski definition) is 2. The second kappa shape index (κ2) is 2.43. The lowest BCUT2D eigenvalue weighted by Crippen LogP contribution is -2.21. The first-order valence-electron chi connectivity index (χ1n) is 2.89. The molecule has 0 aromatic heterocycles. The van der Waals surface area contributed by atoms with Gasteiger partial charge in [0.1, 0.15) is 0 Å². The smallest absolute Gasteiger partial charge is 0.227 e. The van der Waals surface area contributed by atoms with Crippen LogP contribution in [0, 0.1) is 5.92 Å². The van der Waals surface area contributed by atoms with Gasteiger partial charge in [0.05, 0.1) is 5.03 Å². The summed E-state index contributed by atoms with van der Waals surface area (Å²) in [6.07, 6.45) is 2.04. The summed E-state index contributed by atoms with van der Waals surface area (Å²) in [7, 11) is 0. The first kappa shape index (κ1) is 6.68. The lowest BCUT2D eigenvalue weighted by atomic mass is 10.4. The molecule has 0 heterocycles. The monoisotopic (exact) mass is 143 g/mol. The molecule has 1 saturated carbocycles. The summed E-state index contributed by atoms with van der Waals surface area (Å²) in [6, 6.07) is 0. The van der Waals surface area contributed by atoms with E-state index < -0.39 is 0 Å². The normalized spacial score (nSPS) is 17.0. The highest BCUT2D eigenvalue weighted by molar-refractivity contribution is 7.84. The summed E-state index contributed by atoms with van der Waals surface area (Å²) in [5, 5.41) is 2.97. The SMILES string of the molecule is C=C(S)NC(=O)C1CC1. The van der Waals surface area contributed by atoms with Gasteiger partial charge >= 0.3 is 0 Å². The number of thiol groups is 1. The van der Waals surface area contributed by atoms with E-state index >= 15 is 0 Å². The number of carbonyl (C=O) groups excluding carboxylic acids is 1. The molecule has 1 aliphatic rings. The topological polar surface area (TPSA) is 29.1 Å². The molecule has 0 aromatic rings. The van der Waals surface area contributed by atoms with Crippen molar-refractivity contribution in [1.82, 2.24) is 5.32 Å². The molecule has 1 amide bonds. The Morgan fingerprint density at radius 3 is 2.56 bits per heavy atom. The fraction of sp³-hybridized carbons (Fsp3) is 0.500. The van der Waals surface area contributed by atoms with Gasteiger partial charge < -0.3 is 5.32 Å². The van der Waals surface area contributed by atoms with E-state index in [0.29, 0.717) is 5.03 Å². The molecular formula is C6H9NOS. The molecule has 3 heteroatoms. The van der Waals surface area contributed by atoms with E-state index in [2.05, 4.69) is 24.5 Å². The van der Waals surface area contributed by atoms with E-state index in [1.54, 1.807) is 0 Å². The standard InChI is InChI=1S/C6H9NOS/c1-4(9)7-6(8)5-2-3-5/h5,9H,1-3H2,(H,7,8). The van der Waals surface area contributed by atoms with Crippen LogP contribution in [0.2, 0.25) is 0 Å². The van der Waals surface area contributed by atoms with Gasteiger partial charge in [0.25, 0.3) is 0 Å². The largest absolute Gasteiger partial charge is 0.321 e. The molecule has 1 N–H and O–H groups in total. The Morgan fingerprint density at radius 1 is 1.67 bits per heavy atom. The predicted octanol–water partition coefficient (Wildman–Crippen LogP) is 0.914. The van der Waals surface area contributed by atoms with Crippen molar-refractivity contribution in [3.8, 4) is 0 Å². The molecule has 0 saturated heterocycles. The minimum Gasteiger partial charge on any atom is -0.321 e. The quantitative estimate of drug-likeness (QED) is 0.553. The molecule has 0 bridgehead atoms. The molecule has 0 atom stereocenters. The second-order valence-corrected chi connectivity index (χ2v) is 2.75. The van der Waals surface area contributed by atoms with Gasteiger partial charge in [0.15, 0.2) is 0 Å². The van der Waals surface area contributed by atoms with Crippen molar-refractivity contribution in [1.29, 1.82) is 0 Å². The summed E-state index contributed by atoms with van der Waals surface area (Å²) < 4.78 is 0. The Morgan fingerprint density at radius 2 is 2.22 bits per heavy atom. The van der Waals surface area contributed by atoms with Crippen molar-refractivity contribution in [2.75, 3.05) is 0 Å². The van der Waals surface area contributed by atoms with Gasteiger partial charge in [-0.05, 0) is 12.8 Å². The van der Waals surface area contributed by atoms with Crippen molar-refractivity contribution in [2.24, 2.45) is 5.92 Å². The lowest BCUT2D eigenvalue weighted by Gasteiger charge is -1.98. The third kappa shape index (κ3) is 2.10. The third-order valence-electron chi connectivity index (χ3n) is 1.22. The van der Waals surface area contributed by atoms with Crippen LogP contribution < -0.4 is 5.32 Å². The summed E-state index contributed by atoms with van der Waals surface area (Å²) >= 11 is 3.83. The van der Waals surface area contributed by atoms with Gasteiger partial charge in [-0.15, -0.1) is 12.6 Å². The number of rotatable bonds is 2. The van der Waals surface area contributed by atoms with Crippen molar-refractivity contribution in [2.45, 2.75) is 12.8 Å². The maximum absolute atomic E-state index is 10.8. The highest BCUT2D eigenvalue weighted by Crippen LogP contribution is 2.28. The highest BCUT2D eigenvalue weighted by atomic mass is 32.1. The Bertz CT molecular complexity index is 151. The third-order valence-corrected chi connectivity index (χ3v) is 1.33. The van der Waals surface area contributed by atoms with E-state index in [-0.39, 0.29) is 11.8 Å². The van der Waals surface area contributed by atoms with Crippen molar-refractivity contribution in [3.05, 3.63) is 11.6 Å². The van der Waals surface area contributed by atoms with Gasteiger partial charge in [-0.2, -0.15) is 0 Å². The number of nitrogens with one attached hydrogen (secondary N) is 1. The van der Waals surface area contributed by atoms with Gasteiger partial charge in [-0.25, -0.2) is 0 Å². The van der Waals surface area contributed by atoms with E-state index in [1.807, 2.05) is 0 Å². The molecule has 0 unspecified atom stereocenters. The van der Waals surface area contributed by atoms with Crippen LogP contribution in [0.5, 0.6) is 0 Å². The average molecular weight is 143 g/mol. The molecular weight excluding hydrogens is 134 g/mol. The van der Waals surface area contributed by atoms with Crippen LogP contribution >= 0.6 is 12.6 Å². The fourth-order valence-electron chi connectivity index (χ4n) is 0.590. The summed E-state index contributed by atoms with van der Waals surface area (Å²) in [4.78, 5) is 10.8. The lowest BCUT2D eigenvalue weighted by molar-refractivity contribution is -0.121. The van der Waals surface area contributed by atoms with Crippen LogP contribution in [0.3, 0.4) is 0 Å². The molecule has 50 valence electrons. The van der Waals surface area contributed by atoms with Crippen LogP contribution in [0.1, 0.15) is 12.8 Å². The average Bonchev–Trinajstić information content (AvgIpc) is 2.40. The fourth-order valence-corrected chi connectivity index (χ4v) is 0.700. The maximum Gasteiger partial charge on any atom is 0.227 e. The van der Waals surface area contributed by atoms with Gasteiger partial charge in [-0.3, -0.25) is 4.79 Å². The molecule has 1 aliphatic carbocycles. The summed E-state index contributed by atoms with van der Waals surface area (Å²) in [5.41, 5.74) is 0. The number of hydrogen-bond acceptors (Lipinski definition) is 2. The van der Waals surface area contributed by atoms with E-state index in [9.17, 15) is 4.79 Å². The van der Waals surface area contributed by atoms with Crippen molar-refractivity contribution < 1.29 is 4.79 Å². The molecule has 0 aliphatic heterocycles. The van der Waals surface area contributed by atoms with E-state index in [4.69, 9.17) is 0 Å². The van der Waals surface area contributed by atoms with Crippen molar-refractivity contribution >= 4 is 18.5 Å². The maximum atomic E-state index is 10.8. The predicted molar refractivity (Wildman–Crippen MR) is 39.0 cm³/mol. The van der Waals surface area contributed by atoms with E-state index in [0.717, 1.165) is 12.8 Å². The molecule has 1 fully saturated rings. The first-order valence-corrected chi connectivity index (χ1v) is 3.33. The minimum atomic E-state index is 0.0648. The zero-order valence-corrected chi connectivity index (χ0v) is 5.95. The first-order chi connectivity index (χ1) is 4.20. The summed E-state index contributed by atoms with van der Waals surface area (Å²) in [6.45, 7) is 3.44. The van der Waals surface area contributed by atoms with Crippen molar-refractivity contribution in [3.63, 3.8) is 0 Å². The minimum absolute atomic E-state index is 0.0648. The zero-order chi connectivity index (χ0) is 6.85. The molecule has 1 rings (SSSR count). The van der Waals surface area contributed by atoms with Crippen LogP contribution in [0.15, 0.2) is 11.6 Å². The molecule has 0 aromatic carbocycles. The van der Waals surface area contributed by atoms with Crippen LogP contribution in [-0.4, -0.2) is 5.91 Å². The molecule has 9 heavy (non-hydrogen) atoms. The van der Waals surface area contributed by atoms with Crippen LogP contribution in [0.25, 0.3) is 0 Å². The highest BCUT2D eigenvalue weighted by Gasteiger charge is 2.29. The molecule has 2 nitrogen and oxygen atoms in total. The Hall–Kier alpha value is -0.440. The van der Waals surface area contributed by atoms with Gasteiger partial charge in [0, 0.05) is 5.92 Å². The molecule has 0 radical (unpaired) electrons. The Labute approximate surface area is 59.7 Å². The number of amides is 1. The zero-order valence-electron chi connectivity index (χ0n) is 5.05. The van der Waals surface area contributed by atoms with Crippen LogP contribution in [0.4, 0.5) is 0 Å². The van der Waals surface area contributed by atoms with E-state index in [1.165, 1.54) is 0 Å². The van der Waals surface area contributed by atoms with Crippen LogP contribution in [-0.2, 0) is 4.79 Å².